The number of rotatable bonds is 6. The lowest BCUT2D eigenvalue weighted by molar-refractivity contribution is 0.252. The summed E-state index contributed by atoms with van der Waals surface area (Å²) >= 11 is 5.29. The summed E-state index contributed by atoms with van der Waals surface area (Å²) in [5.74, 6) is 0. The van der Waals surface area contributed by atoms with Crippen LogP contribution < -0.4 is 5.73 Å². The Morgan fingerprint density at radius 3 is 2.87 bits per heavy atom. The molecule has 0 aliphatic carbocycles. The van der Waals surface area contributed by atoms with Crippen molar-refractivity contribution in [2.75, 3.05) is 20.1 Å². The Bertz CT molecular complexity index is 288. The summed E-state index contributed by atoms with van der Waals surface area (Å²) in [6.45, 7) is 4.11. The molecule has 0 aliphatic rings. The monoisotopic (exact) mass is 290 g/mol. The van der Waals surface area contributed by atoms with Crippen LogP contribution in [-0.4, -0.2) is 31.1 Å². The Morgan fingerprint density at radius 2 is 2.33 bits per heavy atom. The molecule has 0 radical (unpaired) electrons. The van der Waals surface area contributed by atoms with E-state index in [0.29, 0.717) is 6.04 Å². The average Bonchev–Trinajstić information content (AvgIpc) is 2.61. The van der Waals surface area contributed by atoms with E-state index in [4.69, 9.17) is 5.73 Å². The van der Waals surface area contributed by atoms with Crippen molar-refractivity contribution in [3.05, 3.63) is 20.8 Å². The zero-order valence-electron chi connectivity index (χ0n) is 9.37. The predicted molar refractivity (Wildman–Crippen MR) is 71.5 cm³/mol. The molecule has 1 heterocycles. The third-order valence-electron chi connectivity index (χ3n) is 2.67. The number of hydrogen-bond donors (Lipinski definition) is 1. The van der Waals surface area contributed by atoms with E-state index in [0.717, 1.165) is 25.9 Å². The highest BCUT2D eigenvalue weighted by atomic mass is 79.9. The number of nitrogens with zero attached hydrogens (tertiary/aromatic N) is 1. The second-order valence-corrected chi connectivity index (χ2v) is 5.80. The molecule has 4 heteroatoms. The second-order valence-electron chi connectivity index (χ2n) is 3.89. The summed E-state index contributed by atoms with van der Waals surface area (Å²) < 4.78 is 1.19. The Hall–Kier alpha value is 0.1000. The van der Waals surface area contributed by atoms with Gasteiger partial charge in [-0.25, -0.2) is 0 Å². The van der Waals surface area contributed by atoms with E-state index in [1.165, 1.54) is 9.35 Å². The fraction of sp³-hybridized carbons (Fsp3) is 0.636. The van der Waals surface area contributed by atoms with Crippen LogP contribution in [0, 0.1) is 0 Å². The van der Waals surface area contributed by atoms with E-state index in [9.17, 15) is 0 Å². The largest absolute Gasteiger partial charge is 0.330 e. The molecule has 1 aromatic rings. The van der Waals surface area contributed by atoms with Crippen LogP contribution in [0.2, 0.25) is 0 Å². The molecule has 0 saturated heterocycles. The lowest BCUT2D eigenvalue weighted by atomic mass is 10.2. The maximum absolute atomic E-state index is 5.55. The molecular weight excluding hydrogens is 272 g/mol. The van der Waals surface area contributed by atoms with Crippen molar-refractivity contribution in [3.8, 4) is 0 Å². The van der Waals surface area contributed by atoms with Crippen molar-refractivity contribution >= 4 is 27.3 Å². The maximum Gasteiger partial charge on any atom is 0.0285 e. The fourth-order valence-corrected chi connectivity index (χ4v) is 2.90. The first-order valence-corrected chi connectivity index (χ1v) is 6.94. The van der Waals surface area contributed by atoms with Crippen molar-refractivity contribution in [1.29, 1.82) is 0 Å². The van der Waals surface area contributed by atoms with Gasteiger partial charge >= 0.3 is 0 Å². The molecule has 1 rings (SSSR count). The third-order valence-corrected chi connectivity index (χ3v) is 4.43. The fourth-order valence-electron chi connectivity index (χ4n) is 1.45. The minimum absolute atomic E-state index is 0.582. The second kappa shape index (κ2) is 6.63. The van der Waals surface area contributed by atoms with Gasteiger partial charge in [-0.15, -0.1) is 11.3 Å². The number of thiophene rings is 1. The van der Waals surface area contributed by atoms with Gasteiger partial charge in [-0.2, -0.15) is 0 Å². The molecule has 1 aromatic heterocycles. The van der Waals surface area contributed by atoms with Gasteiger partial charge in [-0.1, -0.05) is 0 Å². The molecule has 1 unspecified atom stereocenters. The highest BCUT2D eigenvalue weighted by molar-refractivity contribution is 9.10. The van der Waals surface area contributed by atoms with Crippen LogP contribution in [-0.2, 0) is 6.42 Å². The van der Waals surface area contributed by atoms with Gasteiger partial charge in [0.2, 0.25) is 0 Å². The van der Waals surface area contributed by atoms with Gasteiger partial charge in [-0.05, 0) is 55.4 Å². The number of hydrogen-bond acceptors (Lipinski definition) is 3. The molecule has 0 spiro atoms. The van der Waals surface area contributed by atoms with Gasteiger partial charge in [0.1, 0.15) is 0 Å². The third kappa shape index (κ3) is 4.64. The summed E-state index contributed by atoms with van der Waals surface area (Å²) in [6, 6.07) is 2.78. The zero-order valence-corrected chi connectivity index (χ0v) is 11.8. The van der Waals surface area contributed by atoms with E-state index in [-0.39, 0.29) is 0 Å². The first-order chi connectivity index (χ1) is 7.13. The maximum atomic E-state index is 5.55. The van der Waals surface area contributed by atoms with Crippen LogP contribution in [0.1, 0.15) is 18.2 Å². The lowest BCUT2D eigenvalue weighted by Gasteiger charge is -2.23. The number of halogens is 1. The molecule has 0 bridgehead atoms. The Morgan fingerprint density at radius 1 is 1.60 bits per heavy atom. The van der Waals surface area contributed by atoms with Gasteiger partial charge in [0.15, 0.2) is 0 Å². The normalized spacial score (nSPS) is 13.4. The first-order valence-electron chi connectivity index (χ1n) is 5.26. The summed E-state index contributed by atoms with van der Waals surface area (Å²) in [5, 5.41) is 2.14. The highest BCUT2D eigenvalue weighted by Crippen LogP contribution is 2.20. The Kier molecular flexibility index (Phi) is 5.82. The van der Waals surface area contributed by atoms with E-state index < -0.39 is 0 Å². The number of nitrogens with two attached hydrogens (primary N) is 1. The molecule has 0 fully saturated rings. The zero-order chi connectivity index (χ0) is 11.3. The first kappa shape index (κ1) is 13.2. The summed E-state index contributed by atoms with van der Waals surface area (Å²) in [4.78, 5) is 3.81. The summed E-state index contributed by atoms with van der Waals surface area (Å²) in [6.07, 6.45) is 2.20. The van der Waals surface area contributed by atoms with Crippen molar-refractivity contribution in [2.24, 2.45) is 5.73 Å². The minimum Gasteiger partial charge on any atom is -0.330 e. The SMILES string of the molecule is CC(CCN)N(C)CCc1cc(Br)cs1. The Balaban J connectivity index is 2.30. The van der Waals surface area contributed by atoms with Crippen LogP contribution in [0.15, 0.2) is 15.9 Å². The van der Waals surface area contributed by atoms with E-state index >= 15 is 0 Å². The van der Waals surface area contributed by atoms with Crippen LogP contribution in [0.5, 0.6) is 0 Å². The Labute approximate surface area is 105 Å². The summed E-state index contributed by atoms with van der Waals surface area (Å²) in [7, 11) is 2.17. The molecule has 1 atom stereocenters. The molecule has 0 saturated carbocycles. The van der Waals surface area contributed by atoms with Gasteiger partial charge in [-0.3, -0.25) is 0 Å². The smallest absolute Gasteiger partial charge is 0.0285 e. The standard InChI is InChI=1S/C11H19BrN2S/c1-9(3-5-13)14(2)6-4-11-7-10(12)8-15-11/h7-9H,3-6,13H2,1-2H3. The minimum atomic E-state index is 0.582. The van der Waals surface area contributed by atoms with Crippen molar-refractivity contribution in [3.63, 3.8) is 0 Å². The van der Waals surface area contributed by atoms with Gasteiger partial charge in [0, 0.05) is 27.3 Å². The highest BCUT2D eigenvalue weighted by Gasteiger charge is 2.08. The van der Waals surface area contributed by atoms with Crippen molar-refractivity contribution in [2.45, 2.75) is 25.8 Å². The summed E-state index contributed by atoms with van der Waals surface area (Å²) in [5.41, 5.74) is 5.55. The van der Waals surface area contributed by atoms with E-state index in [1.54, 1.807) is 0 Å². The molecule has 15 heavy (non-hydrogen) atoms. The van der Waals surface area contributed by atoms with Crippen molar-refractivity contribution < 1.29 is 0 Å². The number of likely N-dealkylation sites (N-methyl/N-ethyl adjacent to an activating group) is 1. The molecule has 0 aliphatic heterocycles. The van der Waals surface area contributed by atoms with Crippen LogP contribution in [0.25, 0.3) is 0 Å². The lowest BCUT2D eigenvalue weighted by Crippen LogP contribution is -2.32. The quantitative estimate of drug-likeness (QED) is 0.873. The van der Waals surface area contributed by atoms with Crippen LogP contribution >= 0.6 is 27.3 Å². The van der Waals surface area contributed by atoms with Gasteiger partial charge in [0.25, 0.3) is 0 Å². The average molecular weight is 291 g/mol. The predicted octanol–water partition coefficient (Wildman–Crippen LogP) is 2.72. The van der Waals surface area contributed by atoms with Gasteiger partial charge < -0.3 is 10.6 Å². The molecule has 2 N–H and O–H groups in total. The van der Waals surface area contributed by atoms with Crippen LogP contribution in [0.4, 0.5) is 0 Å². The molecule has 86 valence electrons. The van der Waals surface area contributed by atoms with Crippen LogP contribution in [0.3, 0.4) is 0 Å². The molecule has 2 nitrogen and oxygen atoms in total. The van der Waals surface area contributed by atoms with Gasteiger partial charge in [0.05, 0.1) is 0 Å². The topological polar surface area (TPSA) is 29.3 Å². The van der Waals surface area contributed by atoms with E-state index in [2.05, 4.69) is 46.2 Å². The molecular formula is C11H19BrN2S. The molecule has 0 aromatic carbocycles. The molecule has 0 amide bonds. The van der Waals surface area contributed by atoms with E-state index in [1.807, 2.05) is 11.3 Å². The van der Waals surface area contributed by atoms with Crippen molar-refractivity contribution in [1.82, 2.24) is 4.90 Å².